The molecule has 0 heterocycles. The maximum Gasteiger partial charge on any atom is 1.00 e. The van der Waals surface area contributed by atoms with E-state index in [1.54, 1.807) is 30.3 Å². The van der Waals surface area contributed by atoms with Crippen LogP contribution < -0.4 is 40.0 Å². The van der Waals surface area contributed by atoms with Crippen LogP contribution in [-0.2, 0) is 4.79 Å². The van der Waals surface area contributed by atoms with E-state index in [1.165, 1.54) is 0 Å². The van der Waals surface area contributed by atoms with Gasteiger partial charge in [0.05, 0.1) is 12.0 Å². The van der Waals surface area contributed by atoms with Gasteiger partial charge in [0.2, 0.25) is 0 Å². The Balaban J connectivity index is 0.00000289. The first-order valence-electron chi connectivity index (χ1n) is 5.57. The zero-order valence-corrected chi connectivity index (χ0v) is 13.0. The van der Waals surface area contributed by atoms with Gasteiger partial charge in [0, 0.05) is 5.56 Å². The summed E-state index contributed by atoms with van der Waals surface area (Å²) >= 11 is 0. The molecule has 1 rings (SSSR count). The number of aliphatic carboxylic acids is 1. The van der Waals surface area contributed by atoms with E-state index < -0.39 is 12.0 Å². The van der Waals surface area contributed by atoms with Gasteiger partial charge < -0.3 is 15.2 Å². The van der Waals surface area contributed by atoms with Crippen LogP contribution in [-0.4, -0.2) is 17.9 Å². The van der Waals surface area contributed by atoms with E-state index in [2.05, 4.69) is 5.32 Å². The van der Waals surface area contributed by atoms with Gasteiger partial charge in [0.15, 0.2) is 0 Å². The van der Waals surface area contributed by atoms with Crippen LogP contribution in [0.1, 0.15) is 30.6 Å². The number of rotatable bonds is 5. The summed E-state index contributed by atoms with van der Waals surface area (Å²) in [6.07, 6.45) is 0.362. The van der Waals surface area contributed by atoms with Gasteiger partial charge in [-0.1, -0.05) is 32.0 Å². The molecule has 0 saturated heterocycles. The minimum Gasteiger partial charge on any atom is -0.548 e. The standard InChI is InChI=1S/C13H17NO3.Na/c1-9(2)8-11(13(16)17)14-12(15)10-6-4-3-5-7-10;/h3-7,9,11H,8H2,1-2H3,(H,14,15)(H,16,17);/q;+1/p-1. The van der Waals surface area contributed by atoms with Crippen LogP contribution in [0.25, 0.3) is 0 Å². The molecule has 0 aliphatic carbocycles. The van der Waals surface area contributed by atoms with Crippen molar-refractivity contribution in [2.45, 2.75) is 26.3 Å². The third kappa shape index (κ3) is 5.67. The van der Waals surface area contributed by atoms with Crippen LogP contribution in [0.4, 0.5) is 0 Å². The van der Waals surface area contributed by atoms with Crippen molar-refractivity contribution >= 4 is 11.9 Å². The van der Waals surface area contributed by atoms with E-state index in [0.29, 0.717) is 12.0 Å². The summed E-state index contributed by atoms with van der Waals surface area (Å²) in [5.74, 6) is -1.46. The van der Waals surface area contributed by atoms with Gasteiger partial charge in [0.25, 0.3) is 5.91 Å². The average Bonchev–Trinajstić information content (AvgIpc) is 2.28. The van der Waals surface area contributed by atoms with E-state index in [4.69, 9.17) is 0 Å². The van der Waals surface area contributed by atoms with Gasteiger partial charge in [-0.05, 0) is 24.5 Å². The predicted octanol–water partition coefficient (Wildman–Crippen LogP) is -2.41. The zero-order valence-electron chi connectivity index (χ0n) is 11.0. The Bertz CT molecular complexity index is 392. The summed E-state index contributed by atoms with van der Waals surface area (Å²) in [6.45, 7) is 3.79. The molecule has 0 saturated carbocycles. The summed E-state index contributed by atoms with van der Waals surface area (Å²) in [7, 11) is 0. The molecule has 0 aliphatic heterocycles. The number of carbonyl (C=O) groups excluding carboxylic acids is 2. The Kier molecular flexibility index (Phi) is 7.91. The fourth-order valence-electron chi connectivity index (χ4n) is 1.52. The number of benzene rings is 1. The number of carboxylic acids is 1. The SMILES string of the molecule is CC(C)CC(NC(=O)c1ccccc1)C(=O)[O-].[Na+]. The normalized spacial score (nSPS) is 11.5. The molecule has 18 heavy (non-hydrogen) atoms. The third-order valence-electron chi connectivity index (χ3n) is 2.33. The maximum atomic E-state index is 11.7. The van der Waals surface area contributed by atoms with Gasteiger partial charge >= 0.3 is 29.6 Å². The van der Waals surface area contributed by atoms with Crippen LogP contribution in [0, 0.1) is 5.92 Å². The van der Waals surface area contributed by atoms with Gasteiger partial charge in [0.1, 0.15) is 0 Å². The van der Waals surface area contributed by atoms with Gasteiger partial charge in [-0.3, -0.25) is 4.79 Å². The molecule has 1 amide bonds. The quantitative estimate of drug-likeness (QED) is 0.597. The first kappa shape index (κ1) is 17.2. The third-order valence-corrected chi connectivity index (χ3v) is 2.33. The Morgan fingerprint density at radius 2 is 1.78 bits per heavy atom. The molecule has 1 N–H and O–H groups in total. The monoisotopic (exact) mass is 257 g/mol. The van der Waals surface area contributed by atoms with Crippen LogP contribution >= 0.6 is 0 Å². The molecule has 1 atom stereocenters. The molecule has 0 aromatic heterocycles. The van der Waals surface area contributed by atoms with Crippen molar-refractivity contribution < 1.29 is 44.3 Å². The second-order valence-corrected chi connectivity index (χ2v) is 4.34. The van der Waals surface area contributed by atoms with E-state index >= 15 is 0 Å². The Morgan fingerprint density at radius 1 is 1.22 bits per heavy atom. The number of carbonyl (C=O) groups is 2. The Hall–Kier alpha value is -0.840. The van der Waals surface area contributed by atoms with Crippen molar-refractivity contribution in [1.29, 1.82) is 0 Å². The van der Waals surface area contributed by atoms with E-state index in [9.17, 15) is 14.7 Å². The molecule has 0 bridgehead atoms. The topological polar surface area (TPSA) is 69.2 Å². The van der Waals surface area contributed by atoms with E-state index in [-0.39, 0.29) is 41.4 Å². The molecular weight excluding hydrogens is 241 g/mol. The summed E-state index contributed by atoms with van der Waals surface area (Å²) in [5, 5.41) is 13.3. The zero-order chi connectivity index (χ0) is 12.8. The molecule has 1 aromatic carbocycles. The maximum absolute atomic E-state index is 11.7. The van der Waals surface area contributed by atoms with Gasteiger partial charge in [-0.15, -0.1) is 0 Å². The van der Waals surface area contributed by atoms with Crippen molar-refractivity contribution in [3.8, 4) is 0 Å². The Labute approximate surface area is 129 Å². The summed E-state index contributed by atoms with van der Waals surface area (Å²) in [6, 6.07) is 7.58. The molecule has 92 valence electrons. The predicted molar refractivity (Wildman–Crippen MR) is 62.2 cm³/mol. The fraction of sp³-hybridized carbons (Fsp3) is 0.385. The fourth-order valence-corrected chi connectivity index (χ4v) is 1.52. The molecule has 0 aliphatic rings. The second kappa shape index (κ2) is 8.29. The number of hydrogen-bond donors (Lipinski definition) is 1. The van der Waals surface area contributed by atoms with Crippen LogP contribution in [0.5, 0.6) is 0 Å². The Morgan fingerprint density at radius 3 is 2.22 bits per heavy atom. The van der Waals surface area contributed by atoms with Gasteiger partial charge in [-0.2, -0.15) is 0 Å². The van der Waals surface area contributed by atoms with Gasteiger partial charge in [-0.25, -0.2) is 0 Å². The number of hydrogen-bond acceptors (Lipinski definition) is 3. The minimum atomic E-state index is -1.25. The van der Waals surface area contributed by atoms with E-state index in [1.807, 2.05) is 13.8 Å². The van der Waals surface area contributed by atoms with E-state index in [0.717, 1.165) is 0 Å². The number of amides is 1. The van der Waals surface area contributed by atoms with Crippen LogP contribution in [0.2, 0.25) is 0 Å². The smallest absolute Gasteiger partial charge is 0.548 e. The van der Waals surface area contributed by atoms with Crippen molar-refractivity contribution in [3.63, 3.8) is 0 Å². The molecule has 0 spiro atoms. The molecule has 0 fully saturated rings. The number of carboxylic acid groups (broad SMARTS) is 1. The van der Waals surface area contributed by atoms with Crippen molar-refractivity contribution in [1.82, 2.24) is 5.32 Å². The number of nitrogens with one attached hydrogen (secondary N) is 1. The summed E-state index contributed by atoms with van der Waals surface area (Å²) in [5.41, 5.74) is 0.447. The summed E-state index contributed by atoms with van der Waals surface area (Å²) in [4.78, 5) is 22.6. The van der Waals surface area contributed by atoms with Crippen LogP contribution in [0.3, 0.4) is 0 Å². The van der Waals surface area contributed by atoms with Crippen molar-refractivity contribution in [3.05, 3.63) is 35.9 Å². The molecule has 4 nitrogen and oxygen atoms in total. The van der Waals surface area contributed by atoms with Crippen molar-refractivity contribution in [2.24, 2.45) is 5.92 Å². The second-order valence-electron chi connectivity index (χ2n) is 4.34. The van der Waals surface area contributed by atoms with Crippen molar-refractivity contribution in [2.75, 3.05) is 0 Å². The summed E-state index contributed by atoms with van der Waals surface area (Å²) < 4.78 is 0. The first-order valence-corrected chi connectivity index (χ1v) is 5.57. The molecular formula is C13H16NNaO3. The average molecular weight is 257 g/mol. The molecule has 1 aromatic rings. The molecule has 1 unspecified atom stereocenters. The first-order chi connectivity index (χ1) is 8.00. The molecule has 5 heteroatoms. The largest absolute Gasteiger partial charge is 1.00 e. The van der Waals surface area contributed by atoms with Crippen LogP contribution in [0.15, 0.2) is 30.3 Å². The minimum absolute atomic E-state index is 0. The molecule has 0 radical (unpaired) electrons.